The van der Waals surface area contributed by atoms with Crippen LogP contribution in [0.5, 0.6) is 0 Å². The first-order chi connectivity index (χ1) is 14.8. The largest absolute Gasteiger partial charge is 0.477 e. The summed E-state index contributed by atoms with van der Waals surface area (Å²) in [5.41, 5.74) is 0.107. The number of hydrogen-bond acceptors (Lipinski definition) is 7. The lowest BCUT2D eigenvalue weighted by Crippen LogP contribution is -2.63. The second-order valence-corrected chi connectivity index (χ2v) is 11.6. The molecule has 4 aliphatic rings. The van der Waals surface area contributed by atoms with Crippen LogP contribution in [-0.2, 0) is 9.59 Å². The summed E-state index contributed by atoms with van der Waals surface area (Å²) in [4.78, 5) is 28.8. The number of amides is 1. The van der Waals surface area contributed by atoms with E-state index >= 15 is 0 Å². The maximum absolute atomic E-state index is 12.5. The molecule has 0 saturated carbocycles. The first-order valence-electron chi connectivity index (χ1n) is 10.8. The number of aliphatic hydroxyl groups is 1. The SMILES string of the molecule is C[C@@H](O)C1C(=O)N2C(C(=O)O)=C(S[C@@H]3CN[C@H](CNC(=S)N4CCSCC4)C3)[C@H](C)[C@H]12. The molecule has 4 rings (SSSR count). The Labute approximate surface area is 196 Å². The third-order valence-electron chi connectivity index (χ3n) is 6.58. The molecule has 0 aromatic rings. The fraction of sp³-hybridized carbons (Fsp3) is 0.750. The highest BCUT2D eigenvalue weighted by molar-refractivity contribution is 8.03. The fourth-order valence-electron chi connectivity index (χ4n) is 4.97. The van der Waals surface area contributed by atoms with E-state index in [4.69, 9.17) is 12.2 Å². The Morgan fingerprint density at radius 2 is 2.13 bits per heavy atom. The van der Waals surface area contributed by atoms with Gasteiger partial charge in [-0.05, 0) is 25.6 Å². The Morgan fingerprint density at radius 3 is 2.77 bits per heavy atom. The quantitative estimate of drug-likeness (QED) is 0.314. The zero-order valence-electron chi connectivity index (χ0n) is 17.7. The lowest BCUT2D eigenvalue weighted by molar-refractivity contribution is -0.163. The Morgan fingerprint density at radius 1 is 1.42 bits per heavy atom. The average molecular weight is 487 g/mol. The van der Waals surface area contributed by atoms with Crippen molar-refractivity contribution in [3.05, 3.63) is 10.6 Å². The minimum absolute atomic E-state index is 0.0878. The first-order valence-corrected chi connectivity index (χ1v) is 13.2. The first kappa shape index (κ1) is 23.2. The smallest absolute Gasteiger partial charge is 0.353 e. The van der Waals surface area contributed by atoms with Gasteiger partial charge in [-0.15, -0.1) is 11.8 Å². The topological polar surface area (TPSA) is 105 Å². The van der Waals surface area contributed by atoms with Crippen molar-refractivity contribution in [1.82, 2.24) is 20.4 Å². The summed E-state index contributed by atoms with van der Waals surface area (Å²) in [6.45, 7) is 7.07. The van der Waals surface area contributed by atoms with Gasteiger partial charge in [-0.3, -0.25) is 4.79 Å². The molecule has 3 saturated heterocycles. The third-order valence-corrected chi connectivity index (χ3v) is 9.44. The molecule has 8 nitrogen and oxygen atoms in total. The van der Waals surface area contributed by atoms with E-state index < -0.39 is 18.0 Å². The molecule has 4 aliphatic heterocycles. The zero-order chi connectivity index (χ0) is 22.3. The highest BCUT2D eigenvalue weighted by Gasteiger charge is 2.60. The number of nitrogens with one attached hydrogen (secondary N) is 2. The molecule has 0 spiro atoms. The molecule has 1 unspecified atom stereocenters. The summed E-state index contributed by atoms with van der Waals surface area (Å²) in [7, 11) is 0. The molecule has 0 aliphatic carbocycles. The Bertz CT molecular complexity index is 786. The molecular formula is C20H30N4O4S3. The second kappa shape index (κ2) is 9.46. The summed E-state index contributed by atoms with van der Waals surface area (Å²) in [6.07, 6.45) is 0.124. The fourth-order valence-corrected chi connectivity index (χ4v) is 7.66. The highest BCUT2D eigenvalue weighted by Crippen LogP contribution is 2.51. The van der Waals surface area contributed by atoms with Gasteiger partial charge in [0, 0.05) is 59.8 Å². The Balaban J connectivity index is 1.34. The number of fused-ring (bicyclic) bond motifs is 1. The van der Waals surface area contributed by atoms with Gasteiger partial charge in [0.2, 0.25) is 5.91 Å². The van der Waals surface area contributed by atoms with Crippen LogP contribution < -0.4 is 10.6 Å². The van der Waals surface area contributed by atoms with Gasteiger partial charge >= 0.3 is 5.97 Å². The van der Waals surface area contributed by atoms with Gasteiger partial charge in [-0.2, -0.15) is 11.8 Å². The van der Waals surface area contributed by atoms with Crippen molar-refractivity contribution in [3.8, 4) is 0 Å². The van der Waals surface area contributed by atoms with Crippen LogP contribution in [-0.4, -0.2) is 98.1 Å². The molecule has 172 valence electrons. The van der Waals surface area contributed by atoms with Crippen LogP contribution in [0, 0.1) is 11.8 Å². The minimum atomic E-state index is -1.07. The molecule has 3 fully saturated rings. The second-order valence-electron chi connectivity index (χ2n) is 8.64. The molecule has 11 heteroatoms. The van der Waals surface area contributed by atoms with Gasteiger partial charge in [-0.25, -0.2) is 4.79 Å². The van der Waals surface area contributed by atoms with Crippen molar-refractivity contribution < 1.29 is 19.8 Å². The van der Waals surface area contributed by atoms with E-state index in [1.54, 1.807) is 18.7 Å². The van der Waals surface area contributed by atoms with E-state index in [2.05, 4.69) is 15.5 Å². The van der Waals surface area contributed by atoms with Gasteiger partial charge in [0.25, 0.3) is 0 Å². The molecule has 0 radical (unpaired) electrons. The number of rotatable bonds is 6. The Kier molecular flexibility index (Phi) is 7.07. The normalized spacial score (nSPS) is 33.9. The molecule has 0 bridgehead atoms. The van der Waals surface area contributed by atoms with E-state index in [1.807, 2.05) is 18.7 Å². The summed E-state index contributed by atoms with van der Waals surface area (Å²) < 4.78 is 0. The van der Waals surface area contributed by atoms with Gasteiger partial charge < -0.3 is 30.6 Å². The number of β-lactam (4-membered cyclic amide) rings is 1. The van der Waals surface area contributed by atoms with Gasteiger partial charge in [0.1, 0.15) is 5.70 Å². The van der Waals surface area contributed by atoms with Crippen LogP contribution >= 0.6 is 35.7 Å². The number of carboxylic acids is 1. The maximum Gasteiger partial charge on any atom is 0.353 e. The average Bonchev–Trinajstić information content (AvgIpc) is 3.28. The lowest BCUT2D eigenvalue weighted by atomic mass is 9.79. The van der Waals surface area contributed by atoms with Crippen LogP contribution in [0.1, 0.15) is 20.3 Å². The zero-order valence-corrected chi connectivity index (χ0v) is 20.2. The Hall–Kier alpha value is -1.01. The van der Waals surface area contributed by atoms with E-state index in [0.29, 0.717) is 0 Å². The summed E-state index contributed by atoms with van der Waals surface area (Å²) in [5.74, 6) is 0.264. The van der Waals surface area contributed by atoms with Gasteiger partial charge in [0.05, 0.1) is 18.1 Å². The van der Waals surface area contributed by atoms with Crippen molar-refractivity contribution in [2.24, 2.45) is 11.8 Å². The monoisotopic (exact) mass is 486 g/mol. The van der Waals surface area contributed by atoms with Crippen molar-refractivity contribution in [1.29, 1.82) is 0 Å². The number of carboxylic acid groups (broad SMARTS) is 1. The molecule has 6 atom stereocenters. The van der Waals surface area contributed by atoms with Crippen LogP contribution in [0.4, 0.5) is 0 Å². The summed E-state index contributed by atoms with van der Waals surface area (Å²) in [5, 5.41) is 27.7. The summed E-state index contributed by atoms with van der Waals surface area (Å²) >= 11 is 9.06. The van der Waals surface area contributed by atoms with Gasteiger partial charge in [-0.1, -0.05) is 6.92 Å². The standard InChI is InChI=1S/C20H30N4O4S3/c1-10-15-14(11(2)25)18(26)24(15)16(19(27)28)17(10)31-13-7-12(21-9-13)8-22-20(29)23-3-5-30-6-4-23/h10-15,21,25H,3-9H2,1-2H3,(H,22,29)(H,27,28)/t10-,11-,12+,13+,14?,15-/m1/s1. The van der Waals surface area contributed by atoms with E-state index in [0.717, 1.165) is 54.1 Å². The number of thiocarbonyl (C=S) groups is 1. The van der Waals surface area contributed by atoms with Crippen LogP contribution in [0.25, 0.3) is 0 Å². The van der Waals surface area contributed by atoms with Crippen LogP contribution in [0.2, 0.25) is 0 Å². The van der Waals surface area contributed by atoms with Gasteiger partial charge in [0.15, 0.2) is 5.11 Å². The minimum Gasteiger partial charge on any atom is -0.477 e. The third kappa shape index (κ3) is 4.44. The lowest BCUT2D eigenvalue weighted by Gasteiger charge is -2.46. The van der Waals surface area contributed by atoms with Crippen LogP contribution in [0.15, 0.2) is 10.6 Å². The van der Waals surface area contributed by atoms with Crippen LogP contribution in [0.3, 0.4) is 0 Å². The number of thioether (sulfide) groups is 2. The van der Waals surface area contributed by atoms with Crippen molar-refractivity contribution in [3.63, 3.8) is 0 Å². The number of aliphatic hydroxyl groups excluding tert-OH is 1. The van der Waals surface area contributed by atoms with Crippen molar-refractivity contribution >= 4 is 52.7 Å². The highest BCUT2D eigenvalue weighted by atomic mass is 32.2. The number of aliphatic carboxylic acids is 1. The summed E-state index contributed by atoms with van der Waals surface area (Å²) in [6, 6.07) is 0.0112. The van der Waals surface area contributed by atoms with E-state index in [-0.39, 0.29) is 34.9 Å². The number of carbonyl (C=O) groups is 2. The molecule has 0 aromatic heterocycles. The molecular weight excluding hydrogens is 456 g/mol. The predicted molar refractivity (Wildman–Crippen MR) is 127 cm³/mol. The molecule has 31 heavy (non-hydrogen) atoms. The number of hydrogen-bond donors (Lipinski definition) is 4. The maximum atomic E-state index is 12.5. The molecule has 4 N–H and O–H groups in total. The molecule has 0 aromatic carbocycles. The number of carbonyl (C=O) groups excluding carboxylic acids is 1. The predicted octanol–water partition coefficient (Wildman–Crippen LogP) is 0.527. The number of nitrogens with zero attached hydrogens (tertiary/aromatic N) is 2. The van der Waals surface area contributed by atoms with E-state index in [9.17, 15) is 19.8 Å². The van der Waals surface area contributed by atoms with Crippen molar-refractivity contribution in [2.45, 2.75) is 43.7 Å². The van der Waals surface area contributed by atoms with Crippen molar-refractivity contribution in [2.75, 3.05) is 37.7 Å². The molecule has 1 amide bonds. The molecule has 4 heterocycles. The van der Waals surface area contributed by atoms with E-state index in [1.165, 1.54) is 4.90 Å².